The predicted octanol–water partition coefficient (Wildman–Crippen LogP) is 2.19. The molecule has 0 fully saturated rings. The number of ether oxygens (including phenoxy) is 1. The zero-order chi connectivity index (χ0) is 7.68. The molecule has 0 atom stereocenters. The average Bonchev–Trinajstić information content (AvgIpc) is 2.50. The van der Waals surface area contributed by atoms with Gasteiger partial charge in [-0.2, -0.15) is 0 Å². The van der Waals surface area contributed by atoms with Crippen LogP contribution in [0.25, 0.3) is 0 Å². The van der Waals surface area contributed by atoms with Crippen LogP contribution in [0.4, 0.5) is 0 Å². The van der Waals surface area contributed by atoms with E-state index in [1.165, 1.54) is 11.1 Å². The standard InChI is InChI=1S/C10H11O/c1-2-8-3-4-9-5-6-11-10(9)7-8/h2-4,7H,5-6H2,1H3. The molecule has 0 aromatic heterocycles. The third kappa shape index (κ3) is 1.11. The molecule has 0 unspecified atom stereocenters. The molecule has 2 rings (SSSR count). The van der Waals surface area contributed by atoms with Crippen LogP contribution in [0, 0.1) is 6.42 Å². The minimum Gasteiger partial charge on any atom is -0.493 e. The molecule has 0 N–H and O–H groups in total. The van der Waals surface area contributed by atoms with Crippen molar-refractivity contribution in [3.63, 3.8) is 0 Å². The van der Waals surface area contributed by atoms with E-state index in [9.17, 15) is 0 Å². The summed E-state index contributed by atoms with van der Waals surface area (Å²) in [6, 6.07) is 6.38. The third-order valence-corrected chi connectivity index (χ3v) is 2.05. The highest BCUT2D eigenvalue weighted by atomic mass is 16.5. The van der Waals surface area contributed by atoms with Gasteiger partial charge in [-0.25, -0.2) is 0 Å². The van der Waals surface area contributed by atoms with Crippen LogP contribution < -0.4 is 4.74 Å². The minimum absolute atomic E-state index is 0.850. The summed E-state index contributed by atoms with van der Waals surface area (Å²) in [5.74, 6) is 1.07. The number of benzene rings is 1. The Balaban J connectivity index is 2.41. The van der Waals surface area contributed by atoms with Gasteiger partial charge in [0.1, 0.15) is 5.75 Å². The van der Waals surface area contributed by atoms with Crippen molar-refractivity contribution in [2.45, 2.75) is 13.3 Å². The maximum absolute atomic E-state index is 5.42. The van der Waals surface area contributed by atoms with Crippen LogP contribution in [-0.4, -0.2) is 6.61 Å². The van der Waals surface area contributed by atoms with Gasteiger partial charge in [0.05, 0.1) is 6.61 Å². The Bertz CT molecular complexity index is 266. The summed E-state index contributed by atoms with van der Waals surface area (Å²) in [6.07, 6.45) is 3.15. The number of hydrogen-bond donors (Lipinski definition) is 0. The van der Waals surface area contributed by atoms with Crippen LogP contribution in [0.3, 0.4) is 0 Å². The van der Waals surface area contributed by atoms with Gasteiger partial charge in [0.15, 0.2) is 0 Å². The van der Waals surface area contributed by atoms with E-state index in [0.29, 0.717) is 0 Å². The lowest BCUT2D eigenvalue weighted by Crippen LogP contribution is -1.86. The summed E-state index contributed by atoms with van der Waals surface area (Å²) in [4.78, 5) is 0. The molecule has 0 spiro atoms. The molecule has 1 nitrogen and oxygen atoms in total. The molecule has 1 radical (unpaired) electrons. The lowest BCUT2D eigenvalue weighted by molar-refractivity contribution is 0.356. The molecular weight excluding hydrogens is 136 g/mol. The predicted molar refractivity (Wildman–Crippen MR) is 44.7 cm³/mol. The molecule has 1 heteroatoms. The fraction of sp³-hybridized carbons (Fsp3) is 0.300. The fourth-order valence-electron chi connectivity index (χ4n) is 1.36. The molecule has 0 bridgehead atoms. The highest BCUT2D eigenvalue weighted by Crippen LogP contribution is 2.26. The van der Waals surface area contributed by atoms with E-state index in [1.54, 1.807) is 0 Å². The second kappa shape index (κ2) is 2.57. The fourth-order valence-corrected chi connectivity index (χ4v) is 1.36. The molecule has 1 aromatic rings. The lowest BCUT2D eigenvalue weighted by atomic mass is 10.1. The Hall–Kier alpha value is -0.980. The second-order valence-electron chi connectivity index (χ2n) is 2.75. The van der Waals surface area contributed by atoms with E-state index in [1.807, 2.05) is 6.92 Å². The zero-order valence-electron chi connectivity index (χ0n) is 6.63. The van der Waals surface area contributed by atoms with Gasteiger partial charge >= 0.3 is 0 Å². The maximum atomic E-state index is 5.42. The topological polar surface area (TPSA) is 9.23 Å². The number of hydrogen-bond acceptors (Lipinski definition) is 1. The molecule has 1 aliphatic rings. The second-order valence-corrected chi connectivity index (χ2v) is 2.75. The Morgan fingerprint density at radius 2 is 2.36 bits per heavy atom. The smallest absolute Gasteiger partial charge is 0.122 e. The SMILES string of the molecule is C[CH]c1ccc2c(c1)OCC2. The van der Waals surface area contributed by atoms with Gasteiger partial charge in [0.25, 0.3) is 0 Å². The normalized spacial score (nSPS) is 14.3. The van der Waals surface area contributed by atoms with E-state index >= 15 is 0 Å². The summed E-state index contributed by atoms with van der Waals surface area (Å²) < 4.78 is 5.42. The highest BCUT2D eigenvalue weighted by Gasteiger charge is 2.10. The molecule has 57 valence electrons. The molecular formula is C10H11O. The van der Waals surface area contributed by atoms with Gasteiger partial charge in [0.2, 0.25) is 0 Å². The Morgan fingerprint density at radius 3 is 3.18 bits per heavy atom. The van der Waals surface area contributed by atoms with Crippen molar-refractivity contribution in [2.24, 2.45) is 0 Å². The Morgan fingerprint density at radius 1 is 1.45 bits per heavy atom. The summed E-state index contributed by atoms with van der Waals surface area (Å²) in [5, 5.41) is 0. The molecule has 1 aromatic carbocycles. The van der Waals surface area contributed by atoms with Crippen molar-refractivity contribution in [1.29, 1.82) is 0 Å². The summed E-state index contributed by atoms with van der Waals surface area (Å²) in [5.41, 5.74) is 2.58. The molecule has 0 saturated heterocycles. The highest BCUT2D eigenvalue weighted by molar-refractivity contribution is 5.41. The van der Waals surface area contributed by atoms with Crippen molar-refractivity contribution in [3.8, 4) is 5.75 Å². The summed E-state index contributed by atoms with van der Waals surface area (Å²) in [7, 11) is 0. The molecule has 1 aliphatic heterocycles. The lowest BCUT2D eigenvalue weighted by Gasteiger charge is -2.00. The van der Waals surface area contributed by atoms with Crippen LogP contribution in [0.5, 0.6) is 5.75 Å². The minimum atomic E-state index is 0.850. The average molecular weight is 147 g/mol. The number of fused-ring (bicyclic) bond motifs is 1. The summed E-state index contributed by atoms with van der Waals surface area (Å²) >= 11 is 0. The van der Waals surface area contributed by atoms with Crippen LogP contribution in [0.2, 0.25) is 0 Å². The zero-order valence-corrected chi connectivity index (χ0v) is 6.63. The number of rotatable bonds is 1. The van der Waals surface area contributed by atoms with E-state index in [-0.39, 0.29) is 0 Å². The van der Waals surface area contributed by atoms with Gasteiger partial charge in [-0.3, -0.25) is 0 Å². The summed E-state index contributed by atoms with van der Waals surface area (Å²) in [6.45, 7) is 2.89. The molecule has 1 heterocycles. The van der Waals surface area contributed by atoms with E-state index in [0.717, 1.165) is 18.8 Å². The molecule has 0 aliphatic carbocycles. The molecule has 0 saturated carbocycles. The molecule has 0 amide bonds. The largest absolute Gasteiger partial charge is 0.493 e. The Kier molecular flexibility index (Phi) is 1.57. The quantitative estimate of drug-likeness (QED) is 0.591. The first-order valence-corrected chi connectivity index (χ1v) is 3.95. The van der Waals surface area contributed by atoms with Crippen LogP contribution in [0.1, 0.15) is 18.1 Å². The van der Waals surface area contributed by atoms with E-state index < -0.39 is 0 Å². The van der Waals surface area contributed by atoms with Crippen molar-refractivity contribution < 1.29 is 4.74 Å². The van der Waals surface area contributed by atoms with Crippen molar-refractivity contribution >= 4 is 0 Å². The van der Waals surface area contributed by atoms with Crippen LogP contribution >= 0.6 is 0 Å². The van der Waals surface area contributed by atoms with Gasteiger partial charge in [-0.05, 0) is 23.6 Å². The first-order valence-electron chi connectivity index (χ1n) is 3.95. The monoisotopic (exact) mass is 147 g/mol. The van der Waals surface area contributed by atoms with Crippen molar-refractivity contribution in [1.82, 2.24) is 0 Å². The molecule has 11 heavy (non-hydrogen) atoms. The van der Waals surface area contributed by atoms with Gasteiger partial charge in [-0.1, -0.05) is 19.1 Å². The van der Waals surface area contributed by atoms with Crippen LogP contribution in [0.15, 0.2) is 18.2 Å². The van der Waals surface area contributed by atoms with Gasteiger partial charge < -0.3 is 4.74 Å². The van der Waals surface area contributed by atoms with Gasteiger partial charge in [-0.15, -0.1) is 0 Å². The van der Waals surface area contributed by atoms with Crippen molar-refractivity contribution in [3.05, 3.63) is 35.7 Å². The van der Waals surface area contributed by atoms with Crippen LogP contribution in [-0.2, 0) is 6.42 Å². The first kappa shape index (κ1) is 6.71. The maximum Gasteiger partial charge on any atom is 0.122 e. The van der Waals surface area contributed by atoms with Crippen molar-refractivity contribution in [2.75, 3.05) is 6.61 Å². The van der Waals surface area contributed by atoms with E-state index in [4.69, 9.17) is 4.74 Å². The Labute approximate surface area is 67.0 Å². The first-order chi connectivity index (χ1) is 5.40. The van der Waals surface area contributed by atoms with Gasteiger partial charge in [0, 0.05) is 6.42 Å². The van der Waals surface area contributed by atoms with E-state index in [2.05, 4.69) is 24.6 Å². The third-order valence-electron chi connectivity index (χ3n) is 2.05.